The standard InChI is InChI=1S/C24H31ClF2N3O9P/c1-13(2)36-20(33)14(3)29-40(35,38-15-9-7-6-8-10-15)39-23(4,5)18-17(31)24(25,12-26)21(37-18)30-11-16(27)19(32)28-22(30)34/h6-11,13-14,17-18,21,31H,12H2,1-5H3,(H,29,35)(H,28,32,34)/t14-,17?,18-,21+,24+,40-/m0/s1. The minimum Gasteiger partial charge on any atom is -0.462 e. The van der Waals surface area contributed by atoms with Crippen molar-refractivity contribution in [1.29, 1.82) is 0 Å². The zero-order valence-corrected chi connectivity index (χ0v) is 23.9. The smallest absolute Gasteiger partial charge is 0.460 e. The Kier molecular flexibility index (Phi) is 9.65. The van der Waals surface area contributed by atoms with Gasteiger partial charge in [-0.3, -0.25) is 23.7 Å². The highest BCUT2D eigenvalue weighted by Gasteiger charge is 2.62. The number of nitrogens with zero attached hydrogens (tertiary/aromatic N) is 1. The van der Waals surface area contributed by atoms with E-state index in [0.717, 1.165) is 0 Å². The van der Waals surface area contributed by atoms with Crippen LogP contribution in [0.3, 0.4) is 0 Å². The zero-order chi connectivity index (χ0) is 30.0. The summed E-state index contributed by atoms with van der Waals surface area (Å²) in [4.78, 5) is 35.7. The molecule has 222 valence electrons. The molecule has 0 radical (unpaired) electrons. The summed E-state index contributed by atoms with van der Waals surface area (Å²) in [7, 11) is -4.52. The van der Waals surface area contributed by atoms with Gasteiger partial charge in [0.1, 0.15) is 41.1 Å². The maximum Gasteiger partial charge on any atom is 0.460 e. The van der Waals surface area contributed by atoms with Crippen LogP contribution in [0.4, 0.5) is 8.78 Å². The predicted octanol–water partition coefficient (Wildman–Crippen LogP) is 2.79. The molecule has 2 heterocycles. The summed E-state index contributed by atoms with van der Waals surface area (Å²) in [6.45, 7) is 5.78. The SMILES string of the molecule is CC(C)OC(=O)[C@H](C)N[P@](=O)(Oc1ccccc1)OC(C)(C)[C@H]1O[C@@H](n2cc(F)c(=O)[nH]c2=O)[C@@](Cl)(CF)C1O. The molecule has 1 aliphatic rings. The molecule has 1 fully saturated rings. The topological polar surface area (TPSA) is 158 Å². The van der Waals surface area contributed by atoms with Crippen molar-refractivity contribution in [3.05, 3.63) is 63.2 Å². The molecule has 1 saturated heterocycles. The summed E-state index contributed by atoms with van der Waals surface area (Å²) in [5, 5.41) is 13.6. The van der Waals surface area contributed by atoms with E-state index in [1.165, 1.54) is 32.9 Å². The number of rotatable bonds is 11. The average molecular weight is 610 g/mol. The lowest BCUT2D eigenvalue weighted by Gasteiger charge is -2.36. The van der Waals surface area contributed by atoms with Crippen molar-refractivity contribution in [3.8, 4) is 5.75 Å². The summed E-state index contributed by atoms with van der Waals surface area (Å²) in [6.07, 6.45) is -5.35. The number of hydrogen-bond donors (Lipinski definition) is 3. The van der Waals surface area contributed by atoms with Gasteiger partial charge in [-0.25, -0.2) is 13.8 Å². The monoisotopic (exact) mass is 609 g/mol. The van der Waals surface area contributed by atoms with Gasteiger partial charge in [-0.15, -0.1) is 11.6 Å². The number of hydrogen-bond acceptors (Lipinski definition) is 9. The van der Waals surface area contributed by atoms with E-state index >= 15 is 0 Å². The van der Waals surface area contributed by atoms with Crippen molar-refractivity contribution in [1.82, 2.24) is 14.6 Å². The van der Waals surface area contributed by atoms with Crippen LogP contribution in [0.2, 0.25) is 0 Å². The number of aliphatic hydroxyl groups is 1. The normalized spacial score (nSPS) is 25.4. The molecule has 12 nitrogen and oxygen atoms in total. The number of ether oxygens (including phenoxy) is 2. The molecule has 0 spiro atoms. The lowest BCUT2D eigenvalue weighted by molar-refractivity contribution is -0.149. The Bertz CT molecular complexity index is 1370. The molecular weight excluding hydrogens is 579 g/mol. The first-order valence-corrected chi connectivity index (χ1v) is 14.1. The van der Waals surface area contributed by atoms with E-state index in [1.54, 1.807) is 37.0 Å². The van der Waals surface area contributed by atoms with E-state index in [0.29, 0.717) is 10.8 Å². The third kappa shape index (κ3) is 6.81. The number of para-hydroxylation sites is 1. The Balaban J connectivity index is 1.98. The number of aromatic amines is 1. The van der Waals surface area contributed by atoms with Crippen LogP contribution >= 0.6 is 19.3 Å². The van der Waals surface area contributed by atoms with Crippen molar-refractivity contribution in [2.24, 2.45) is 0 Å². The molecule has 40 heavy (non-hydrogen) atoms. The summed E-state index contributed by atoms with van der Waals surface area (Å²) in [5.74, 6) is -2.06. The number of nitrogens with one attached hydrogen (secondary N) is 2. The van der Waals surface area contributed by atoms with Gasteiger partial charge in [0.25, 0.3) is 5.56 Å². The fourth-order valence-corrected chi connectivity index (χ4v) is 6.14. The van der Waals surface area contributed by atoms with Crippen LogP contribution in [0.5, 0.6) is 5.75 Å². The lowest BCUT2D eigenvalue weighted by Crippen LogP contribution is -2.51. The van der Waals surface area contributed by atoms with Gasteiger partial charge in [-0.05, 0) is 46.8 Å². The van der Waals surface area contributed by atoms with Crippen molar-refractivity contribution >= 4 is 25.3 Å². The van der Waals surface area contributed by atoms with Gasteiger partial charge in [0.2, 0.25) is 5.82 Å². The first-order valence-electron chi connectivity index (χ1n) is 12.2. The molecule has 0 aliphatic carbocycles. The highest BCUT2D eigenvalue weighted by Crippen LogP contribution is 2.53. The van der Waals surface area contributed by atoms with Crippen LogP contribution in [-0.2, 0) is 23.4 Å². The molecule has 3 N–H and O–H groups in total. The fraction of sp³-hybridized carbons (Fsp3) is 0.542. The molecular formula is C24H31ClF2N3O9P. The second-order valence-electron chi connectivity index (χ2n) is 9.99. The number of aromatic nitrogens is 2. The van der Waals surface area contributed by atoms with E-state index in [1.807, 2.05) is 0 Å². The third-order valence-electron chi connectivity index (χ3n) is 5.91. The minimum absolute atomic E-state index is 0.0926. The number of benzene rings is 1. The van der Waals surface area contributed by atoms with Gasteiger partial charge < -0.3 is 19.1 Å². The molecule has 0 saturated carbocycles. The van der Waals surface area contributed by atoms with Crippen molar-refractivity contribution in [3.63, 3.8) is 0 Å². The first kappa shape index (κ1) is 31.9. The van der Waals surface area contributed by atoms with Crippen LogP contribution in [0, 0.1) is 5.82 Å². The van der Waals surface area contributed by atoms with Gasteiger partial charge >= 0.3 is 19.4 Å². The van der Waals surface area contributed by atoms with E-state index in [-0.39, 0.29) is 5.75 Å². The van der Waals surface area contributed by atoms with Crippen LogP contribution < -0.4 is 20.9 Å². The predicted molar refractivity (Wildman–Crippen MR) is 139 cm³/mol. The van der Waals surface area contributed by atoms with E-state index in [4.69, 9.17) is 30.1 Å². The molecule has 1 unspecified atom stereocenters. The lowest BCUT2D eigenvalue weighted by atomic mass is 9.91. The molecule has 6 atom stereocenters. The molecule has 1 aliphatic heterocycles. The van der Waals surface area contributed by atoms with E-state index in [9.17, 15) is 32.8 Å². The quantitative estimate of drug-likeness (QED) is 0.196. The molecule has 0 amide bonds. The number of carbonyl (C=O) groups excluding carboxylic acids is 1. The highest BCUT2D eigenvalue weighted by molar-refractivity contribution is 7.52. The van der Waals surface area contributed by atoms with Crippen molar-refractivity contribution < 1.29 is 41.8 Å². The third-order valence-corrected chi connectivity index (χ3v) is 8.29. The maximum absolute atomic E-state index is 14.3. The van der Waals surface area contributed by atoms with E-state index < -0.39 is 78.5 Å². The molecule has 3 rings (SSSR count). The van der Waals surface area contributed by atoms with Crippen molar-refractivity contribution in [2.45, 2.75) is 75.7 Å². The van der Waals surface area contributed by atoms with Crippen LogP contribution in [0.1, 0.15) is 40.8 Å². The Morgan fingerprint density at radius 3 is 2.50 bits per heavy atom. The number of carbonyl (C=O) groups is 1. The Morgan fingerprint density at radius 1 is 1.30 bits per heavy atom. The fourth-order valence-electron chi connectivity index (χ4n) is 4.02. The molecule has 1 aromatic heterocycles. The van der Waals surface area contributed by atoms with Crippen LogP contribution in [0.15, 0.2) is 46.1 Å². The number of esters is 1. The zero-order valence-electron chi connectivity index (χ0n) is 22.3. The summed E-state index contributed by atoms with van der Waals surface area (Å²) >= 11 is 6.39. The van der Waals surface area contributed by atoms with Gasteiger partial charge in [0.05, 0.1) is 12.3 Å². The summed E-state index contributed by atoms with van der Waals surface area (Å²) < 4.78 is 65.2. The maximum atomic E-state index is 14.3. The largest absolute Gasteiger partial charge is 0.462 e. The van der Waals surface area contributed by atoms with Crippen LogP contribution in [-0.4, -0.2) is 62.1 Å². The van der Waals surface area contributed by atoms with Gasteiger partial charge in [-0.1, -0.05) is 18.2 Å². The van der Waals surface area contributed by atoms with E-state index in [2.05, 4.69) is 5.09 Å². The minimum atomic E-state index is -4.52. The summed E-state index contributed by atoms with van der Waals surface area (Å²) in [6, 6.07) is 6.63. The molecule has 1 aromatic carbocycles. The molecule has 2 aromatic rings. The number of H-pyrrole nitrogens is 1. The second-order valence-corrected chi connectivity index (χ2v) is 12.3. The Hall–Kier alpha value is -2.61. The number of alkyl halides is 2. The number of aliphatic hydroxyl groups excluding tert-OH is 1. The Labute approximate surface area is 233 Å². The highest BCUT2D eigenvalue weighted by atomic mass is 35.5. The molecule has 0 bridgehead atoms. The number of halogens is 3. The van der Waals surface area contributed by atoms with Crippen LogP contribution in [0.25, 0.3) is 0 Å². The molecule has 16 heteroatoms. The summed E-state index contributed by atoms with van der Waals surface area (Å²) in [5.41, 5.74) is -4.33. The first-order chi connectivity index (χ1) is 18.5. The van der Waals surface area contributed by atoms with Gasteiger partial charge in [0.15, 0.2) is 6.23 Å². The second kappa shape index (κ2) is 12.1. The average Bonchev–Trinajstić information content (AvgIpc) is 3.12. The van der Waals surface area contributed by atoms with Gasteiger partial charge in [-0.2, -0.15) is 9.48 Å². The van der Waals surface area contributed by atoms with Crippen molar-refractivity contribution in [2.75, 3.05) is 6.67 Å². The van der Waals surface area contributed by atoms with Gasteiger partial charge in [0, 0.05) is 0 Å². The Morgan fingerprint density at radius 2 is 1.93 bits per heavy atom.